The molecule has 0 heterocycles. The van der Waals surface area contributed by atoms with Gasteiger partial charge in [0.1, 0.15) is 11.6 Å². The summed E-state index contributed by atoms with van der Waals surface area (Å²) in [4.78, 5) is 12.3. The standard InChI is InChI=1S/C19H33N3O2/c20-15-17(16-21-13-10-14-23)19(24)22-18-11-8-6-4-2-1-3-5-7-9-12-18/h16,18,21,23H,1-14H2,(H,22,24)/b17-16-. The second kappa shape index (κ2) is 13.9. The molecule has 0 atom stereocenters. The van der Waals surface area contributed by atoms with Gasteiger partial charge in [-0.15, -0.1) is 0 Å². The summed E-state index contributed by atoms with van der Waals surface area (Å²) in [5, 5.41) is 23.9. The normalized spacial score (nSPS) is 18.8. The van der Waals surface area contributed by atoms with Crippen LogP contribution < -0.4 is 10.6 Å². The van der Waals surface area contributed by atoms with Crippen molar-refractivity contribution in [1.82, 2.24) is 10.6 Å². The van der Waals surface area contributed by atoms with Crippen LogP contribution in [0.5, 0.6) is 0 Å². The van der Waals surface area contributed by atoms with Crippen molar-refractivity contribution in [2.24, 2.45) is 0 Å². The number of nitrogens with one attached hydrogen (secondary N) is 2. The van der Waals surface area contributed by atoms with Crippen LogP contribution >= 0.6 is 0 Å². The molecule has 136 valence electrons. The quantitative estimate of drug-likeness (QED) is 0.395. The Hall–Kier alpha value is -1.54. The van der Waals surface area contributed by atoms with E-state index in [1.807, 2.05) is 6.07 Å². The molecule has 1 aliphatic carbocycles. The molecule has 0 aromatic carbocycles. The number of nitrogens with zero attached hydrogens (tertiary/aromatic N) is 1. The maximum Gasteiger partial charge on any atom is 0.263 e. The van der Waals surface area contributed by atoms with E-state index in [1.54, 1.807) is 0 Å². The summed E-state index contributed by atoms with van der Waals surface area (Å²) in [5.41, 5.74) is 0.110. The van der Waals surface area contributed by atoms with Gasteiger partial charge in [-0.1, -0.05) is 57.8 Å². The van der Waals surface area contributed by atoms with Crippen molar-refractivity contribution in [2.75, 3.05) is 13.2 Å². The molecule has 1 aliphatic rings. The first-order valence-corrected chi connectivity index (χ1v) is 9.53. The predicted molar refractivity (Wildman–Crippen MR) is 96.1 cm³/mol. The Labute approximate surface area is 146 Å². The van der Waals surface area contributed by atoms with Crippen molar-refractivity contribution in [3.8, 4) is 6.07 Å². The third-order valence-corrected chi connectivity index (χ3v) is 4.53. The van der Waals surface area contributed by atoms with Gasteiger partial charge in [0.2, 0.25) is 0 Å². The molecule has 0 aromatic heterocycles. The second-order valence-electron chi connectivity index (χ2n) is 6.63. The number of carbonyl (C=O) groups is 1. The summed E-state index contributed by atoms with van der Waals surface area (Å²) in [7, 11) is 0. The van der Waals surface area contributed by atoms with Crippen LogP contribution in [0.1, 0.15) is 77.0 Å². The fourth-order valence-corrected chi connectivity index (χ4v) is 3.07. The van der Waals surface area contributed by atoms with Gasteiger partial charge < -0.3 is 15.7 Å². The number of amides is 1. The molecule has 0 saturated heterocycles. The smallest absolute Gasteiger partial charge is 0.263 e. The highest BCUT2D eigenvalue weighted by Gasteiger charge is 2.15. The molecular formula is C19H33N3O2. The first kappa shape index (κ1) is 20.5. The van der Waals surface area contributed by atoms with Crippen LogP contribution in [-0.4, -0.2) is 30.2 Å². The van der Waals surface area contributed by atoms with Gasteiger partial charge in [0, 0.05) is 25.4 Å². The Morgan fingerprint density at radius 3 is 2.08 bits per heavy atom. The highest BCUT2D eigenvalue weighted by Crippen LogP contribution is 2.17. The summed E-state index contributed by atoms with van der Waals surface area (Å²) in [6.45, 7) is 0.648. The van der Waals surface area contributed by atoms with Gasteiger partial charge in [-0.3, -0.25) is 4.79 Å². The van der Waals surface area contributed by atoms with Crippen molar-refractivity contribution < 1.29 is 9.90 Å². The Bertz CT molecular complexity index is 403. The Morgan fingerprint density at radius 1 is 1.04 bits per heavy atom. The number of aliphatic hydroxyl groups is 1. The largest absolute Gasteiger partial charge is 0.396 e. The molecular weight excluding hydrogens is 302 g/mol. The zero-order chi connectivity index (χ0) is 17.5. The summed E-state index contributed by atoms with van der Waals surface area (Å²) in [5.74, 6) is -0.286. The molecule has 1 amide bonds. The zero-order valence-electron chi connectivity index (χ0n) is 14.9. The van der Waals surface area contributed by atoms with Gasteiger partial charge in [-0.05, 0) is 19.3 Å². The van der Waals surface area contributed by atoms with Crippen molar-refractivity contribution in [3.05, 3.63) is 11.8 Å². The summed E-state index contributed by atoms with van der Waals surface area (Å²) in [6.07, 6.45) is 15.4. The van der Waals surface area contributed by atoms with Crippen LogP contribution in [-0.2, 0) is 4.79 Å². The van der Waals surface area contributed by atoms with E-state index in [4.69, 9.17) is 10.4 Å². The van der Waals surface area contributed by atoms with Crippen molar-refractivity contribution >= 4 is 5.91 Å². The van der Waals surface area contributed by atoms with Crippen LogP contribution in [0.4, 0.5) is 0 Å². The van der Waals surface area contributed by atoms with Gasteiger partial charge in [0.05, 0.1) is 0 Å². The maximum atomic E-state index is 12.3. The second-order valence-corrected chi connectivity index (χ2v) is 6.63. The van der Waals surface area contributed by atoms with Crippen LogP contribution in [0.25, 0.3) is 0 Å². The van der Waals surface area contributed by atoms with E-state index in [2.05, 4.69) is 10.6 Å². The number of nitriles is 1. The van der Waals surface area contributed by atoms with Crippen LogP contribution in [0.2, 0.25) is 0 Å². The van der Waals surface area contributed by atoms with E-state index in [-0.39, 0.29) is 24.1 Å². The molecule has 1 rings (SSSR count). The van der Waals surface area contributed by atoms with Gasteiger partial charge in [0.15, 0.2) is 0 Å². The number of carbonyl (C=O) groups excluding carboxylic acids is 1. The molecule has 0 radical (unpaired) electrons. The van der Waals surface area contributed by atoms with Gasteiger partial charge >= 0.3 is 0 Å². The summed E-state index contributed by atoms with van der Waals surface area (Å²) in [6, 6.07) is 2.13. The van der Waals surface area contributed by atoms with E-state index in [0.717, 1.165) is 25.7 Å². The Balaban J connectivity index is 2.47. The fraction of sp³-hybridized carbons (Fsp3) is 0.789. The topological polar surface area (TPSA) is 85.2 Å². The summed E-state index contributed by atoms with van der Waals surface area (Å²) >= 11 is 0. The monoisotopic (exact) mass is 335 g/mol. The molecule has 0 spiro atoms. The number of aliphatic hydroxyl groups excluding tert-OH is 1. The third-order valence-electron chi connectivity index (χ3n) is 4.53. The zero-order valence-corrected chi connectivity index (χ0v) is 14.9. The van der Waals surface area contributed by atoms with Gasteiger partial charge in [0.25, 0.3) is 5.91 Å². The highest BCUT2D eigenvalue weighted by atomic mass is 16.3. The first-order valence-electron chi connectivity index (χ1n) is 9.53. The Kier molecular flexibility index (Phi) is 11.8. The van der Waals surface area contributed by atoms with Gasteiger partial charge in [-0.25, -0.2) is 0 Å². The van der Waals surface area contributed by atoms with Crippen LogP contribution in [0.15, 0.2) is 11.8 Å². The minimum absolute atomic E-state index is 0.0942. The minimum Gasteiger partial charge on any atom is -0.396 e. The molecule has 0 aliphatic heterocycles. The first-order chi connectivity index (χ1) is 11.8. The lowest BCUT2D eigenvalue weighted by atomic mass is 9.98. The van der Waals surface area contributed by atoms with E-state index in [9.17, 15) is 4.79 Å². The average molecular weight is 335 g/mol. The molecule has 5 heteroatoms. The minimum atomic E-state index is -0.286. The van der Waals surface area contributed by atoms with E-state index in [1.165, 1.54) is 51.1 Å². The molecule has 1 saturated carbocycles. The van der Waals surface area contributed by atoms with E-state index >= 15 is 0 Å². The SMILES string of the molecule is N#C/C(=C/NCCCO)C(=O)NC1CCCCCCCCCCC1. The molecule has 1 fully saturated rings. The fourth-order valence-electron chi connectivity index (χ4n) is 3.07. The highest BCUT2D eigenvalue weighted by molar-refractivity contribution is 5.97. The molecule has 5 nitrogen and oxygen atoms in total. The molecule has 24 heavy (non-hydrogen) atoms. The van der Waals surface area contributed by atoms with Crippen LogP contribution in [0.3, 0.4) is 0 Å². The number of rotatable bonds is 6. The molecule has 3 N–H and O–H groups in total. The lowest BCUT2D eigenvalue weighted by Gasteiger charge is -2.19. The van der Waals surface area contributed by atoms with Crippen molar-refractivity contribution in [1.29, 1.82) is 5.26 Å². The Morgan fingerprint density at radius 2 is 1.58 bits per heavy atom. The average Bonchev–Trinajstić information content (AvgIpc) is 2.57. The third kappa shape index (κ3) is 9.57. The lowest BCUT2D eigenvalue weighted by Crippen LogP contribution is -2.36. The van der Waals surface area contributed by atoms with Crippen molar-refractivity contribution in [2.45, 2.75) is 83.1 Å². The molecule has 0 bridgehead atoms. The number of hydrogen-bond acceptors (Lipinski definition) is 4. The molecule has 0 unspecified atom stereocenters. The van der Waals surface area contributed by atoms with E-state index in [0.29, 0.717) is 13.0 Å². The lowest BCUT2D eigenvalue weighted by molar-refractivity contribution is -0.117. The predicted octanol–water partition coefficient (Wildman–Crippen LogP) is 3.16. The van der Waals surface area contributed by atoms with Crippen molar-refractivity contribution in [3.63, 3.8) is 0 Å². The van der Waals surface area contributed by atoms with E-state index < -0.39 is 0 Å². The van der Waals surface area contributed by atoms with Crippen LogP contribution in [0, 0.1) is 11.3 Å². The van der Waals surface area contributed by atoms with Gasteiger partial charge in [-0.2, -0.15) is 5.26 Å². The maximum absolute atomic E-state index is 12.3. The molecule has 0 aromatic rings. The summed E-state index contributed by atoms with van der Waals surface area (Å²) < 4.78 is 0. The number of hydrogen-bond donors (Lipinski definition) is 3.